The topological polar surface area (TPSA) is 66.0 Å². The molecule has 0 spiro atoms. The normalized spacial score (nSPS) is 21.2. The number of piperidine rings is 1. The number of likely N-dealkylation sites (tertiary alicyclic amines) is 1. The van der Waals surface area contributed by atoms with Gasteiger partial charge in [0.15, 0.2) is 12.6 Å². The van der Waals surface area contributed by atoms with Crippen molar-refractivity contribution in [3.05, 3.63) is 65.7 Å². The fourth-order valence-electron chi connectivity index (χ4n) is 4.44. The van der Waals surface area contributed by atoms with Crippen LogP contribution in [-0.4, -0.2) is 49.6 Å². The number of carbonyl (C=O) groups is 1. The van der Waals surface area contributed by atoms with Crippen LogP contribution in [0.15, 0.2) is 59.6 Å². The van der Waals surface area contributed by atoms with Crippen molar-refractivity contribution in [1.29, 1.82) is 0 Å². The van der Waals surface area contributed by atoms with Gasteiger partial charge < -0.3 is 20.3 Å². The van der Waals surface area contributed by atoms with E-state index in [4.69, 9.17) is 4.74 Å². The maximum Gasteiger partial charge on any atom is 0.258 e. The average molecular weight is 435 g/mol. The number of amides is 1. The smallest absolute Gasteiger partial charge is 0.258 e. The molecule has 0 radical (unpaired) electrons. The molecule has 2 aromatic rings. The van der Waals surface area contributed by atoms with Crippen LogP contribution in [0.4, 0.5) is 0 Å². The molecular weight excluding hydrogens is 400 g/mol. The molecule has 170 valence electrons. The lowest BCUT2D eigenvalue weighted by atomic mass is 9.82. The molecule has 2 aliphatic rings. The maximum atomic E-state index is 11.9. The lowest BCUT2D eigenvalue weighted by Crippen LogP contribution is -2.47. The zero-order chi connectivity index (χ0) is 22.3. The molecule has 6 nitrogen and oxygen atoms in total. The van der Waals surface area contributed by atoms with Gasteiger partial charge >= 0.3 is 0 Å². The van der Waals surface area contributed by atoms with E-state index in [9.17, 15) is 4.79 Å². The maximum absolute atomic E-state index is 11.9. The summed E-state index contributed by atoms with van der Waals surface area (Å²) in [5, 5.41) is 6.44. The summed E-state index contributed by atoms with van der Waals surface area (Å²) in [6.07, 6.45) is 3.28. The Kier molecular flexibility index (Phi) is 7.30. The number of ether oxygens (including phenoxy) is 1. The minimum Gasteiger partial charge on any atom is -0.484 e. The molecular formula is C26H34N4O2. The number of nitrogens with one attached hydrogen (secondary N) is 2. The van der Waals surface area contributed by atoms with Gasteiger partial charge in [-0.1, -0.05) is 49.4 Å². The van der Waals surface area contributed by atoms with Crippen LogP contribution in [0.1, 0.15) is 43.2 Å². The van der Waals surface area contributed by atoms with Crippen LogP contribution in [0, 0.1) is 5.92 Å². The predicted octanol–water partition coefficient (Wildman–Crippen LogP) is 3.55. The van der Waals surface area contributed by atoms with E-state index in [1.54, 1.807) is 0 Å². The molecule has 32 heavy (non-hydrogen) atoms. The molecule has 2 fully saturated rings. The Hall–Kier alpha value is -3.02. The number of hydrogen-bond acceptors (Lipinski definition) is 3. The van der Waals surface area contributed by atoms with Crippen LogP contribution in [0.5, 0.6) is 5.75 Å². The number of aliphatic imine (C=N–C) groups is 1. The first kappa shape index (κ1) is 22.2. The third-order valence-electron chi connectivity index (χ3n) is 6.31. The monoisotopic (exact) mass is 434 g/mol. The summed E-state index contributed by atoms with van der Waals surface area (Å²) >= 11 is 0. The molecule has 1 saturated heterocycles. The first-order valence-electron chi connectivity index (χ1n) is 11.6. The number of carbonyl (C=O) groups excluding carboxylic acids is 1. The molecule has 2 aromatic carbocycles. The van der Waals surface area contributed by atoms with Crippen molar-refractivity contribution in [2.45, 2.75) is 44.7 Å². The molecule has 1 aliphatic heterocycles. The minimum atomic E-state index is -0.0514. The van der Waals surface area contributed by atoms with Crippen molar-refractivity contribution in [3.8, 4) is 5.75 Å². The molecule has 1 heterocycles. The molecule has 0 bridgehead atoms. The first-order chi connectivity index (χ1) is 15.6. The Balaban J connectivity index is 1.27. The number of hydrogen-bond donors (Lipinski definition) is 2. The van der Waals surface area contributed by atoms with Gasteiger partial charge in [0.25, 0.3) is 5.91 Å². The second-order valence-electron chi connectivity index (χ2n) is 8.91. The molecule has 4 rings (SSSR count). The van der Waals surface area contributed by atoms with Gasteiger partial charge in [0.1, 0.15) is 5.75 Å². The fraction of sp³-hybridized carbons (Fsp3) is 0.462. The Morgan fingerprint density at radius 3 is 2.66 bits per heavy atom. The van der Waals surface area contributed by atoms with Crippen molar-refractivity contribution < 1.29 is 9.53 Å². The summed E-state index contributed by atoms with van der Waals surface area (Å²) in [6, 6.07) is 19.1. The van der Waals surface area contributed by atoms with Crippen LogP contribution in [0.2, 0.25) is 0 Å². The quantitative estimate of drug-likeness (QED) is 0.517. The van der Waals surface area contributed by atoms with Crippen molar-refractivity contribution in [1.82, 2.24) is 15.5 Å². The summed E-state index contributed by atoms with van der Waals surface area (Å²) in [5.74, 6) is 2.74. The van der Waals surface area contributed by atoms with Crippen LogP contribution in [0.25, 0.3) is 0 Å². The highest BCUT2D eigenvalue weighted by Gasteiger charge is 2.28. The van der Waals surface area contributed by atoms with E-state index in [0.717, 1.165) is 43.9 Å². The van der Waals surface area contributed by atoms with Gasteiger partial charge in [0.05, 0.1) is 0 Å². The van der Waals surface area contributed by atoms with Crippen LogP contribution >= 0.6 is 0 Å². The van der Waals surface area contributed by atoms with Gasteiger partial charge in [-0.25, -0.2) is 0 Å². The van der Waals surface area contributed by atoms with Gasteiger partial charge in [-0.05, 0) is 54.4 Å². The summed E-state index contributed by atoms with van der Waals surface area (Å²) in [5.41, 5.74) is 2.53. The van der Waals surface area contributed by atoms with E-state index in [1.807, 2.05) is 25.2 Å². The highest BCUT2D eigenvalue weighted by atomic mass is 16.5. The zero-order valence-corrected chi connectivity index (χ0v) is 19.1. The second kappa shape index (κ2) is 10.5. The Bertz CT molecular complexity index is 926. The number of benzene rings is 2. The van der Waals surface area contributed by atoms with E-state index < -0.39 is 0 Å². The van der Waals surface area contributed by atoms with Crippen LogP contribution in [-0.2, 0) is 11.3 Å². The van der Waals surface area contributed by atoms with E-state index in [1.165, 1.54) is 5.56 Å². The van der Waals surface area contributed by atoms with E-state index in [0.29, 0.717) is 30.2 Å². The van der Waals surface area contributed by atoms with Crippen molar-refractivity contribution in [2.75, 3.05) is 26.7 Å². The fourth-order valence-corrected chi connectivity index (χ4v) is 4.44. The van der Waals surface area contributed by atoms with Crippen LogP contribution in [0.3, 0.4) is 0 Å². The number of nitrogens with zero attached hydrogens (tertiary/aromatic N) is 2. The van der Waals surface area contributed by atoms with E-state index >= 15 is 0 Å². The predicted molar refractivity (Wildman–Crippen MR) is 128 cm³/mol. The number of guanidine groups is 1. The molecule has 1 aliphatic carbocycles. The lowest BCUT2D eigenvalue weighted by molar-refractivity contribution is -0.123. The molecule has 1 amide bonds. The summed E-state index contributed by atoms with van der Waals surface area (Å²) < 4.78 is 5.67. The standard InChI is InChI=1S/C26H34N4O2/c1-19-17-30(14-13-24(19)21-8-4-3-5-9-21)26(27-2)28-16-20-7-6-10-23(15-20)32-18-25(31)29-22-11-12-22/h3-10,15,19,22,24H,11-14,16-18H2,1-2H3,(H,27,28)(H,29,31). The van der Waals surface area contributed by atoms with Crippen molar-refractivity contribution >= 4 is 11.9 Å². The molecule has 1 saturated carbocycles. The summed E-state index contributed by atoms with van der Waals surface area (Å²) in [6.45, 7) is 5.02. The Morgan fingerprint density at radius 1 is 1.12 bits per heavy atom. The second-order valence-corrected chi connectivity index (χ2v) is 8.91. The zero-order valence-electron chi connectivity index (χ0n) is 19.1. The third kappa shape index (κ3) is 6.02. The average Bonchev–Trinajstić information content (AvgIpc) is 3.63. The van der Waals surface area contributed by atoms with E-state index in [2.05, 4.69) is 63.8 Å². The molecule has 6 heteroatoms. The van der Waals surface area contributed by atoms with Gasteiger partial charge in [-0.2, -0.15) is 0 Å². The SMILES string of the molecule is CN=C(NCc1cccc(OCC(=O)NC2CC2)c1)N1CCC(c2ccccc2)C(C)C1. The number of rotatable bonds is 7. The minimum absolute atomic E-state index is 0.0514. The van der Waals surface area contributed by atoms with Crippen molar-refractivity contribution in [3.63, 3.8) is 0 Å². The summed E-state index contributed by atoms with van der Waals surface area (Å²) in [4.78, 5) is 18.7. The van der Waals surface area contributed by atoms with Crippen molar-refractivity contribution in [2.24, 2.45) is 10.9 Å². The Morgan fingerprint density at radius 2 is 1.94 bits per heavy atom. The lowest BCUT2D eigenvalue weighted by Gasteiger charge is -2.39. The van der Waals surface area contributed by atoms with Gasteiger partial charge in [-0.15, -0.1) is 0 Å². The highest BCUT2D eigenvalue weighted by Crippen LogP contribution is 2.32. The summed E-state index contributed by atoms with van der Waals surface area (Å²) in [7, 11) is 1.84. The van der Waals surface area contributed by atoms with Gasteiger partial charge in [0.2, 0.25) is 0 Å². The van der Waals surface area contributed by atoms with Crippen LogP contribution < -0.4 is 15.4 Å². The van der Waals surface area contributed by atoms with Gasteiger partial charge in [-0.3, -0.25) is 9.79 Å². The highest BCUT2D eigenvalue weighted by molar-refractivity contribution is 5.80. The third-order valence-corrected chi connectivity index (χ3v) is 6.31. The molecule has 2 unspecified atom stereocenters. The molecule has 2 atom stereocenters. The molecule has 0 aromatic heterocycles. The van der Waals surface area contributed by atoms with Gasteiger partial charge in [0, 0.05) is 32.7 Å². The first-order valence-corrected chi connectivity index (χ1v) is 11.6. The molecule has 2 N–H and O–H groups in total. The van der Waals surface area contributed by atoms with E-state index in [-0.39, 0.29) is 12.5 Å². The largest absolute Gasteiger partial charge is 0.484 e. The Labute approximate surface area is 191 Å².